The number of aromatic nitrogens is 1. The van der Waals surface area contributed by atoms with E-state index in [1.54, 1.807) is 31.5 Å². The number of carbonyl (C=O) groups excluding carboxylic acids is 1. The summed E-state index contributed by atoms with van der Waals surface area (Å²) in [7, 11) is 3.50. The number of amides is 1. The van der Waals surface area contributed by atoms with Gasteiger partial charge in [-0.05, 0) is 0 Å². The van der Waals surface area contributed by atoms with Crippen LogP contribution < -0.4 is 5.32 Å². The van der Waals surface area contributed by atoms with Crippen LogP contribution in [0.25, 0.3) is 0 Å². The zero-order valence-electron chi connectivity index (χ0n) is 8.49. The molecule has 0 radical (unpaired) electrons. The standard InChI is InChI=1S/C9H15N3O2/c1-12(2)9(13)3-4-10-5-8-6-11-14-7-8/h6-7,10H,3-5H2,1-2H3. The summed E-state index contributed by atoms with van der Waals surface area (Å²) in [5.41, 5.74) is 0.988. The van der Waals surface area contributed by atoms with Crippen LogP contribution in [-0.2, 0) is 11.3 Å². The van der Waals surface area contributed by atoms with E-state index in [4.69, 9.17) is 0 Å². The summed E-state index contributed by atoms with van der Waals surface area (Å²) in [6.45, 7) is 1.35. The molecule has 1 aromatic heterocycles. The molecule has 78 valence electrons. The van der Waals surface area contributed by atoms with E-state index in [2.05, 4.69) is 15.0 Å². The van der Waals surface area contributed by atoms with Crippen LogP contribution in [0.2, 0.25) is 0 Å². The number of nitrogens with zero attached hydrogens (tertiary/aromatic N) is 2. The van der Waals surface area contributed by atoms with Crippen LogP contribution in [0.3, 0.4) is 0 Å². The molecule has 0 saturated carbocycles. The molecule has 0 atom stereocenters. The minimum Gasteiger partial charge on any atom is -0.364 e. The van der Waals surface area contributed by atoms with Crippen molar-refractivity contribution < 1.29 is 9.32 Å². The molecule has 1 heterocycles. The van der Waals surface area contributed by atoms with Gasteiger partial charge in [0.1, 0.15) is 6.26 Å². The van der Waals surface area contributed by atoms with Gasteiger partial charge in [0.15, 0.2) is 0 Å². The van der Waals surface area contributed by atoms with Crippen LogP contribution in [0.4, 0.5) is 0 Å². The summed E-state index contributed by atoms with van der Waals surface area (Å²) in [4.78, 5) is 12.7. The van der Waals surface area contributed by atoms with E-state index >= 15 is 0 Å². The summed E-state index contributed by atoms with van der Waals surface area (Å²) >= 11 is 0. The van der Waals surface area contributed by atoms with Crippen molar-refractivity contribution in [3.05, 3.63) is 18.0 Å². The molecular formula is C9H15N3O2. The van der Waals surface area contributed by atoms with E-state index in [-0.39, 0.29) is 5.91 Å². The lowest BCUT2D eigenvalue weighted by atomic mass is 10.3. The molecule has 14 heavy (non-hydrogen) atoms. The Hall–Kier alpha value is -1.36. The summed E-state index contributed by atoms with van der Waals surface area (Å²) in [5.74, 6) is 0.128. The Kier molecular flexibility index (Phi) is 4.12. The fourth-order valence-electron chi connectivity index (χ4n) is 0.966. The highest BCUT2D eigenvalue weighted by Crippen LogP contribution is 1.95. The minimum atomic E-state index is 0.128. The third kappa shape index (κ3) is 3.57. The van der Waals surface area contributed by atoms with Gasteiger partial charge >= 0.3 is 0 Å². The third-order valence-electron chi connectivity index (χ3n) is 1.83. The van der Waals surface area contributed by atoms with Crippen molar-refractivity contribution in [2.45, 2.75) is 13.0 Å². The number of rotatable bonds is 5. The molecule has 5 heteroatoms. The maximum Gasteiger partial charge on any atom is 0.223 e. The van der Waals surface area contributed by atoms with Crippen LogP contribution in [0.1, 0.15) is 12.0 Å². The van der Waals surface area contributed by atoms with Crippen LogP contribution in [-0.4, -0.2) is 36.6 Å². The van der Waals surface area contributed by atoms with Crippen LogP contribution >= 0.6 is 0 Å². The minimum absolute atomic E-state index is 0.128. The van der Waals surface area contributed by atoms with E-state index in [0.29, 0.717) is 19.5 Å². The Morgan fingerprint density at radius 2 is 2.43 bits per heavy atom. The zero-order chi connectivity index (χ0) is 10.4. The van der Waals surface area contributed by atoms with Gasteiger partial charge in [-0.3, -0.25) is 4.79 Å². The molecule has 0 aliphatic carbocycles. The van der Waals surface area contributed by atoms with Gasteiger partial charge in [-0.15, -0.1) is 0 Å². The van der Waals surface area contributed by atoms with Gasteiger partial charge in [-0.1, -0.05) is 5.16 Å². The molecule has 1 amide bonds. The Bertz CT molecular complexity index is 270. The first-order valence-corrected chi connectivity index (χ1v) is 4.49. The molecule has 0 spiro atoms. The SMILES string of the molecule is CN(C)C(=O)CCNCc1cnoc1. The summed E-state index contributed by atoms with van der Waals surface area (Å²) in [6.07, 6.45) is 3.75. The molecule has 1 N–H and O–H groups in total. The van der Waals surface area contributed by atoms with Crippen molar-refractivity contribution in [3.8, 4) is 0 Å². The van der Waals surface area contributed by atoms with Gasteiger partial charge in [-0.25, -0.2) is 0 Å². The highest BCUT2D eigenvalue weighted by molar-refractivity contribution is 5.75. The molecule has 0 aliphatic heterocycles. The Balaban J connectivity index is 2.08. The number of hydrogen-bond acceptors (Lipinski definition) is 4. The van der Waals surface area contributed by atoms with E-state index in [1.807, 2.05) is 0 Å². The van der Waals surface area contributed by atoms with Crippen LogP contribution in [0.5, 0.6) is 0 Å². The van der Waals surface area contributed by atoms with E-state index in [0.717, 1.165) is 5.56 Å². The molecule has 0 fully saturated rings. The van der Waals surface area contributed by atoms with Gasteiger partial charge < -0.3 is 14.7 Å². The molecule has 0 unspecified atom stereocenters. The van der Waals surface area contributed by atoms with Crippen LogP contribution in [0.15, 0.2) is 17.0 Å². The lowest BCUT2D eigenvalue weighted by molar-refractivity contribution is -0.128. The predicted molar refractivity (Wildman–Crippen MR) is 51.5 cm³/mol. The monoisotopic (exact) mass is 197 g/mol. The van der Waals surface area contributed by atoms with Gasteiger partial charge in [0.2, 0.25) is 5.91 Å². The quantitative estimate of drug-likeness (QED) is 0.687. The first kappa shape index (κ1) is 10.7. The third-order valence-corrected chi connectivity index (χ3v) is 1.83. The van der Waals surface area contributed by atoms with Crippen molar-refractivity contribution in [3.63, 3.8) is 0 Å². The number of nitrogens with one attached hydrogen (secondary N) is 1. The molecule has 0 aliphatic rings. The van der Waals surface area contributed by atoms with Crippen molar-refractivity contribution in [1.29, 1.82) is 0 Å². The lowest BCUT2D eigenvalue weighted by Crippen LogP contribution is -2.26. The van der Waals surface area contributed by atoms with E-state index in [9.17, 15) is 4.79 Å². The topological polar surface area (TPSA) is 58.4 Å². The van der Waals surface area contributed by atoms with Gasteiger partial charge in [0, 0.05) is 39.2 Å². The Morgan fingerprint density at radius 1 is 1.64 bits per heavy atom. The van der Waals surface area contributed by atoms with Crippen molar-refractivity contribution in [2.24, 2.45) is 0 Å². The normalized spacial score (nSPS) is 10.1. The second-order valence-electron chi connectivity index (χ2n) is 3.25. The first-order valence-electron chi connectivity index (χ1n) is 4.49. The highest BCUT2D eigenvalue weighted by Gasteiger charge is 2.02. The number of hydrogen-bond donors (Lipinski definition) is 1. The molecule has 1 aromatic rings. The fourth-order valence-corrected chi connectivity index (χ4v) is 0.966. The summed E-state index contributed by atoms with van der Waals surface area (Å²) < 4.78 is 4.67. The fraction of sp³-hybridized carbons (Fsp3) is 0.556. The molecule has 5 nitrogen and oxygen atoms in total. The molecule has 1 rings (SSSR count). The molecular weight excluding hydrogens is 182 g/mol. The smallest absolute Gasteiger partial charge is 0.223 e. The van der Waals surface area contributed by atoms with E-state index < -0.39 is 0 Å². The average molecular weight is 197 g/mol. The van der Waals surface area contributed by atoms with Crippen molar-refractivity contribution in [2.75, 3.05) is 20.6 Å². The predicted octanol–water partition coefficient (Wildman–Crippen LogP) is 0.242. The van der Waals surface area contributed by atoms with Gasteiger partial charge in [0.25, 0.3) is 0 Å². The van der Waals surface area contributed by atoms with Crippen molar-refractivity contribution >= 4 is 5.91 Å². The number of carbonyl (C=O) groups is 1. The lowest BCUT2D eigenvalue weighted by Gasteiger charge is -2.09. The molecule has 0 saturated heterocycles. The zero-order valence-corrected chi connectivity index (χ0v) is 8.49. The summed E-state index contributed by atoms with van der Waals surface area (Å²) in [5, 5.41) is 6.70. The first-order chi connectivity index (χ1) is 6.70. The van der Waals surface area contributed by atoms with Crippen molar-refractivity contribution in [1.82, 2.24) is 15.4 Å². The summed E-state index contributed by atoms with van der Waals surface area (Å²) in [6, 6.07) is 0. The maximum absolute atomic E-state index is 11.2. The Labute approximate surface area is 83.1 Å². The molecule has 0 aromatic carbocycles. The second kappa shape index (κ2) is 5.39. The largest absolute Gasteiger partial charge is 0.364 e. The van der Waals surface area contributed by atoms with Gasteiger partial charge in [-0.2, -0.15) is 0 Å². The van der Waals surface area contributed by atoms with Gasteiger partial charge in [0.05, 0.1) is 6.20 Å². The Morgan fingerprint density at radius 3 is 3.00 bits per heavy atom. The molecule has 0 bridgehead atoms. The second-order valence-corrected chi connectivity index (χ2v) is 3.25. The van der Waals surface area contributed by atoms with Crippen LogP contribution in [0, 0.1) is 0 Å². The average Bonchev–Trinajstić information content (AvgIpc) is 2.64. The highest BCUT2D eigenvalue weighted by atomic mass is 16.5. The maximum atomic E-state index is 11.2. The van der Waals surface area contributed by atoms with E-state index in [1.165, 1.54) is 0 Å².